The number of furan rings is 1. The normalized spacial score (nSPS) is 10.8. The Morgan fingerprint density at radius 1 is 1.06 bits per heavy atom. The number of carbonyl (C=O) groups is 1. The Kier molecular flexibility index (Phi) is 6.78. The van der Waals surface area contributed by atoms with Gasteiger partial charge in [0.1, 0.15) is 23.9 Å². The first-order valence-electron chi connectivity index (χ1n) is 10.8. The number of hydrogen-bond acceptors (Lipinski definition) is 5. The highest BCUT2D eigenvalue weighted by Crippen LogP contribution is 2.21. The summed E-state index contributed by atoms with van der Waals surface area (Å²) in [7, 11) is 0. The van der Waals surface area contributed by atoms with Crippen LogP contribution in [0.15, 0.2) is 71.4 Å². The fourth-order valence-electron chi connectivity index (χ4n) is 3.24. The number of aryl methyl sites for hydroxylation is 3. The van der Waals surface area contributed by atoms with E-state index in [9.17, 15) is 4.79 Å². The van der Waals surface area contributed by atoms with Gasteiger partial charge in [0, 0.05) is 0 Å². The molecule has 0 unspecified atom stereocenters. The molecule has 2 heterocycles. The number of carbonyl (C=O) groups excluding carboxylic acids is 1. The molecule has 1 N–H and O–H groups in total. The zero-order valence-corrected chi connectivity index (χ0v) is 19.0. The van der Waals surface area contributed by atoms with Gasteiger partial charge < -0.3 is 19.2 Å². The number of nitrogens with zero attached hydrogens (tertiary/aromatic N) is 2. The van der Waals surface area contributed by atoms with E-state index < -0.39 is 0 Å². The third-order valence-electron chi connectivity index (χ3n) is 5.19. The van der Waals surface area contributed by atoms with Crippen LogP contribution in [0.2, 0.25) is 0 Å². The molecule has 0 aliphatic rings. The number of rotatable bonds is 9. The molecule has 1 amide bonds. The molecule has 7 nitrogen and oxygen atoms in total. The summed E-state index contributed by atoms with van der Waals surface area (Å²) in [6.07, 6.45) is 4.25. The minimum Gasteiger partial charge on any atom is -0.485 e. The molecule has 4 aromatic rings. The second-order valence-corrected chi connectivity index (χ2v) is 7.82. The lowest BCUT2D eigenvalue weighted by atomic mass is 10.1. The van der Waals surface area contributed by atoms with E-state index in [1.807, 2.05) is 56.3 Å². The molecule has 0 spiro atoms. The van der Waals surface area contributed by atoms with Crippen LogP contribution in [-0.4, -0.2) is 15.7 Å². The molecule has 33 heavy (non-hydrogen) atoms. The van der Waals surface area contributed by atoms with E-state index in [-0.39, 0.29) is 25.0 Å². The highest BCUT2D eigenvalue weighted by molar-refractivity contribution is 6.02. The first-order valence-corrected chi connectivity index (χ1v) is 10.8. The Hall–Kier alpha value is -4.00. The second-order valence-electron chi connectivity index (χ2n) is 7.82. The lowest BCUT2D eigenvalue weighted by Crippen LogP contribution is -2.10. The summed E-state index contributed by atoms with van der Waals surface area (Å²) in [4.78, 5) is 12.5. The van der Waals surface area contributed by atoms with E-state index in [4.69, 9.17) is 13.9 Å². The lowest BCUT2D eigenvalue weighted by molar-refractivity contribution is 0.0992. The topological polar surface area (TPSA) is 78.5 Å². The fraction of sp³-hybridized carbons (Fsp3) is 0.231. The van der Waals surface area contributed by atoms with Gasteiger partial charge in [-0.05, 0) is 67.3 Å². The Morgan fingerprint density at radius 3 is 2.67 bits per heavy atom. The number of aromatic nitrogens is 2. The highest BCUT2D eigenvalue weighted by Gasteiger charge is 2.13. The Balaban J connectivity index is 1.29. The molecule has 0 aliphatic carbocycles. The third kappa shape index (κ3) is 5.83. The van der Waals surface area contributed by atoms with Crippen molar-refractivity contribution < 1.29 is 18.7 Å². The van der Waals surface area contributed by atoms with Gasteiger partial charge in [-0.1, -0.05) is 31.2 Å². The third-order valence-corrected chi connectivity index (χ3v) is 5.19. The molecule has 0 bridgehead atoms. The van der Waals surface area contributed by atoms with Crippen molar-refractivity contribution in [2.24, 2.45) is 0 Å². The van der Waals surface area contributed by atoms with Crippen molar-refractivity contribution >= 4 is 11.6 Å². The van der Waals surface area contributed by atoms with E-state index in [1.165, 1.54) is 5.56 Å². The maximum atomic E-state index is 12.5. The SMILES string of the molecule is CCc1ccc(OCn2cc(NC(=O)c3ccc(COc4cc(C)ccc4C)o3)cn2)cc1. The zero-order chi connectivity index (χ0) is 23.2. The Bertz CT molecular complexity index is 1220. The number of benzene rings is 2. The number of hydrogen-bond donors (Lipinski definition) is 1. The van der Waals surface area contributed by atoms with Gasteiger partial charge >= 0.3 is 0 Å². The predicted octanol–water partition coefficient (Wildman–Crippen LogP) is 5.52. The van der Waals surface area contributed by atoms with Crippen molar-refractivity contribution in [1.82, 2.24) is 9.78 Å². The summed E-state index contributed by atoms with van der Waals surface area (Å²) in [5.74, 6) is 1.98. The van der Waals surface area contributed by atoms with Crippen LogP contribution in [0.25, 0.3) is 0 Å². The summed E-state index contributed by atoms with van der Waals surface area (Å²) < 4.78 is 18.8. The Morgan fingerprint density at radius 2 is 1.88 bits per heavy atom. The van der Waals surface area contributed by atoms with E-state index >= 15 is 0 Å². The quantitative estimate of drug-likeness (QED) is 0.367. The summed E-state index contributed by atoms with van der Waals surface area (Å²) in [5, 5.41) is 7.00. The van der Waals surface area contributed by atoms with Crippen molar-refractivity contribution in [3.63, 3.8) is 0 Å². The highest BCUT2D eigenvalue weighted by atomic mass is 16.5. The van der Waals surface area contributed by atoms with Crippen molar-refractivity contribution in [3.8, 4) is 11.5 Å². The van der Waals surface area contributed by atoms with Gasteiger partial charge in [0.2, 0.25) is 0 Å². The van der Waals surface area contributed by atoms with Gasteiger partial charge in [-0.25, -0.2) is 4.68 Å². The molecule has 0 radical (unpaired) electrons. The molecule has 0 saturated carbocycles. The monoisotopic (exact) mass is 445 g/mol. The number of amides is 1. The van der Waals surface area contributed by atoms with Crippen LogP contribution in [0.4, 0.5) is 5.69 Å². The van der Waals surface area contributed by atoms with Crippen LogP contribution >= 0.6 is 0 Å². The van der Waals surface area contributed by atoms with Gasteiger partial charge in [0.15, 0.2) is 12.5 Å². The Labute approximate surface area is 192 Å². The molecular formula is C26H27N3O4. The average molecular weight is 446 g/mol. The van der Waals surface area contributed by atoms with Crippen molar-refractivity contribution in [2.75, 3.05) is 5.32 Å². The number of nitrogens with one attached hydrogen (secondary N) is 1. The zero-order valence-electron chi connectivity index (χ0n) is 19.0. The standard InChI is InChI=1S/C26H27N3O4/c1-4-20-7-9-22(10-8-20)32-17-29-15-21(14-27-29)28-26(30)24-12-11-23(33-24)16-31-25-13-18(2)5-6-19(25)3/h5-15H,4,16-17H2,1-3H3,(H,28,30). The van der Waals surface area contributed by atoms with E-state index in [1.54, 1.807) is 29.2 Å². The van der Waals surface area contributed by atoms with Crippen LogP contribution in [-0.2, 0) is 19.8 Å². The molecule has 0 aliphatic heterocycles. The van der Waals surface area contributed by atoms with Crippen LogP contribution in [0.3, 0.4) is 0 Å². The average Bonchev–Trinajstić information content (AvgIpc) is 3.48. The molecule has 0 fully saturated rings. The summed E-state index contributed by atoms with van der Waals surface area (Å²) >= 11 is 0. The molecule has 170 valence electrons. The van der Waals surface area contributed by atoms with E-state index in [0.29, 0.717) is 11.4 Å². The minimum atomic E-state index is -0.358. The molecule has 7 heteroatoms. The molecule has 4 rings (SSSR count). The summed E-state index contributed by atoms with van der Waals surface area (Å²) in [5.41, 5.74) is 3.97. The van der Waals surface area contributed by atoms with Crippen molar-refractivity contribution in [1.29, 1.82) is 0 Å². The van der Waals surface area contributed by atoms with Crippen LogP contribution in [0, 0.1) is 13.8 Å². The summed E-state index contributed by atoms with van der Waals surface area (Å²) in [6.45, 7) is 6.59. The lowest BCUT2D eigenvalue weighted by Gasteiger charge is -2.08. The largest absolute Gasteiger partial charge is 0.485 e. The van der Waals surface area contributed by atoms with Gasteiger partial charge in [0.05, 0.1) is 18.1 Å². The van der Waals surface area contributed by atoms with E-state index in [2.05, 4.69) is 17.3 Å². The maximum Gasteiger partial charge on any atom is 0.291 e. The van der Waals surface area contributed by atoms with Crippen LogP contribution in [0.5, 0.6) is 11.5 Å². The molecular weight excluding hydrogens is 418 g/mol. The second kappa shape index (κ2) is 10.1. The van der Waals surface area contributed by atoms with Gasteiger partial charge in [-0.15, -0.1) is 0 Å². The molecule has 2 aromatic heterocycles. The fourth-order valence-corrected chi connectivity index (χ4v) is 3.24. The first-order chi connectivity index (χ1) is 16.0. The van der Waals surface area contributed by atoms with Gasteiger partial charge in [-0.2, -0.15) is 5.10 Å². The smallest absolute Gasteiger partial charge is 0.291 e. The van der Waals surface area contributed by atoms with Crippen LogP contribution < -0.4 is 14.8 Å². The number of ether oxygens (including phenoxy) is 2. The molecule has 0 atom stereocenters. The first kappa shape index (κ1) is 22.2. The van der Waals surface area contributed by atoms with Crippen molar-refractivity contribution in [2.45, 2.75) is 40.5 Å². The maximum absolute atomic E-state index is 12.5. The summed E-state index contributed by atoms with van der Waals surface area (Å²) in [6, 6.07) is 17.3. The predicted molar refractivity (Wildman–Crippen MR) is 126 cm³/mol. The van der Waals surface area contributed by atoms with Crippen LogP contribution in [0.1, 0.15) is 39.9 Å². The molecule has 2 aromatic carbocycles. The minimum absolute atomic E-state index is 0.203. The van der Waals surface area contributed by atoms with Crippen molar-refractivity contribution in [3.05, 3.63) is 95.2 Å². The van der Waals surface area contributed by atoms with E-state index in [0.717, 1.165) is 29.0 Å². The number of anilines is 1. The van der Waals surface area contributed by atoms with Gasteiger partial charge in [0.25, 0.3) is 5.91 Å². The van der Waals surface area contributed by atoms with Gasteiger partial charge in [-0.3, -0.25) is 4.79 Å². The molecule has 0 saturated heterocycles.